The van der Waals surface area contributed by atoms with Crippen molar-refractivity contribution in [1.29, 1.82) is 0 Å². The second-order valence-corrected chi connectivity index (χ2v) is 6.78. The summed E-state index contributed by atoms with van der Waals surface area (Å²) in [5.74, 6) is 0.0262. The zero-order valence-corrected chi connectivity index (χ0v) is 14.9. The van der Waals surface area contributed by atoms with E-state index in [0.29, 0.717) is 35.7 Å². The number of aromatic nitrogens is 2. The lowest BCUT2D eigenvalue weighted by Crippen LogP contribution is -2.45. The number of amides is 1. The molecule has 1 saturated carbocycles. The zero-order chi connectivity index (χ0) is 20.6. The lowest BCUT2D eigenvalue weighted by molar-refractivity contribution is -0.137. The molecule has 0 bridgehead atoms. The van der Waals surface area contributed by atoms with Crippen molar-refractivity contribution in [1.82, 2.24) is 15.3 Å². The van der Waals surface area contributed by atoms with E-state index < -0.39 is 17.9 Å². The van der Waals surface area contributed by atoms with E-state index in [1.165, 1.54) is 0 Å². The molecule has 0 unspecified atom stereocenters. The van der Waals surface area contributed by atoms with Gasteiger partial charge in [0.25, 0.3) is 5.91 Å². The van der Waals surface area contributed by atoms with Gasteiger partial charge in [-0.25, -0.2) is 14.4 Å². The van der Waals surface area contributed by atoms with Crippen molar-refractivity contribution in [3.05, 3.63) is 59.9 Å². The first-order valence-corrected chi connectivity index (χ1v) is 8.85. The van der Waals surface area contributed by atoms with Crippen LogP contribution in [-0.2, 0) is 6.18 Å². The summed E-state index contributed by atoms with van der Waals surface area (Å²) in [5, 5.41) is 3.41. The highest BCUT2D eigenvalue weighted by Gasteiger charge is 2.31. The molecule has 0 radical (unpaired) electrons. The summed E-state index contributed by atoms with van der Waals surface area (Å²) in [6.07, 6.45) is -3.98. The summed E-state index contributed by atoms with van der Waals surface area (Å²) in [4.78, 5) is 20.2. The SMILES string of the molecule is O=C(NC1CC(F)C1)c1ccc2cc(Oc3ccc(C(F)(F)F)cn3)ccc2n1. The first kappa shape index (κ1) is 19.1. The van der Waals surface area contributed by atoms with Crippen LogP contribution in [0, 0.1) is 0 Å². The molecule has 5 nitrogen and oxygen atoms in total. The quantitative estimate of drug-likeness (QED) is 0.641. The van der Waals surface area contributed by atoms with Gasteiger partial charge in [0.2, 0.25) is 5.88 Å². The molecule has 1 aliphatic carbocycles. The number of ether oxygens (including phenoxy) is 1. The Labute approximate surface area is 162 Å². The highest BCUT2D eigenvalue weighted by atomic mass is 19.4. The average Bonchev–Trinajstić information content (AvgIpc) is 2.66. The van der Waals surface area contributed by atoms with Crippen LogP contribution in [-0.4, -0.2) is 28.1 Å². The summed E-state index contributed by atoms with van der Waals surface area (Å²) in [7, 11) is 0. The summed E-state index contributed by atoms with van der Waals surface area (Å²) in [6.45, 7) is 0. The molecular formula is C20H15F4N3O2. The monoisotopic (exact) mass is 405 g/mol. The van der Waals surface area contributed by atoms with E-state index >= 15 is 0 Å². The molecule has 1 aromatic carbocycles. The minimum atomic E-state index is -4.46. The number of benzene rings is 1. The predicted molar refractivity (Wildman–Crippen MR) is 96.4 cm³/mol. The number of fused-ring (bicyclic) bond motifs is 1. The molecule has 29 heavy (non-hydrogen) atoms. The molecule has 2 heterocycles. The predicted octanol–water partition coefficient (Wildman–Crippen LogP) is 4.67. The van der Waals surface area contributed by atoms with E-state index in [2.05, 4.69) is 15.3 Å². The number of hydrogen-bond donors (Lipinski definition) is 1. The van der Waals surface area contributed by atoms with Crippen LogP contribution in [0.25, 0.3) is 10.9 Å². The molecule has 0 aliphatic heterocycles. The third-order valence-corrected chi connectivity index (χ3v) is 4.60. The molecule has 0 atom stereocenters. The van der Waals surface area contributed by atoms with E-state index in [-0.39, 0.29) is 23.5 Å². The van der Waals surface area contributed by atoms with Gasteiger partial charge < -0.3 is 10.1 Å². The zero-order valence-electron chi connectivity index (χ0n) is 14.9. The van der Waals surface area contributed by atoms with Gasteiger partial charge in [-0.2, -0.15) is 13.2 Å². The summed E-state index contributed by atoms with van der Waals surface area (Å²) >= 11 is 0. The highest BCUT2D eigenvalue weighted by Crippen LogP contribution is 2.30. The molecule has 1 N–H and O–H groups in total. The number of halogens is 4. The topological polar surface area (TPSA) is 64.1 Å². The van der Waals surface area contributed by atoms with E-state index in [4.69, 9.17) is 4.74 Å². The Morgan fingerprint density at radius 3 is 2.55 bits per heavy atom. The van der Waals surface area contributed by atoms with Crippen LogP contribution in [0.4, 0.5) is 17.6 Å². The number of pyridine rings is 2. The van der Waals surface area contributed by atoms with Crippen LogP contribution in [0.5, 0.6) is 11.6 Å². The number of alkyl halides is 4. The van der Waals surface area contributed by atoms with Crippen molar-refractivity contribution < 1.29 is 27.1 Å². The summed E-state index contributed by atoms with van der Waals surface area (Å²) in [5.41, 5.74) is -0.0949. The number of carbonyl (C=O) groups is 1. The number of nitrogens with one attached hydrogen (secondary N) is 1. The Morgan fingerprint density at radius 1 is 1.10 bits per heavy atom. The molecule has 3 aromatic rings. The van der Waals surface area contributed by atoms with Crippen molar-refractivity contribution >= 4 is 16.8 Å². The van der Waals surface area contributed by atoms with Gasteiger partial charge in [-0.05, 0) is 43.2 Å². The normalized spacial score (nSPS) is 18.9. The second-order valence-electron chi connectivity index (χ2n) is 6.78. The fraction of sp³-hybridized carbons (Fsp3) is 0.250. The second kappa shape index (κ2) is 7.31. The molecule has 0 spiro atoms. The number of nitrogens with zero attached hydrogens (tertiary/aromatic N) is 2. The molecular weight excluding hydrogens is 390 g/mol. The summed E-state index contributed by atoms with van der Waals surface area (Å²) in [6, 6.07) is 9.95. The molecule has 2 aromatic heterocycles. The van der Waals surface area contributed by atoms with Crippen molar-refractivity contribution in [2.45, 2.75) is 31.2 Å². The Balaban J connectivity index is 1.47. The lowest BCUT2D eigenvalue weighted by Gasteiger charge is -2.30. The Bertz CT molecular complexity index is 1050. The minimum absolute atomic E-state index is 0.0213. The van der Waals surface area contributed by atoms with E-state index in [9.17, 15) is 22.4 Å². The maximum Gasteiger partial charge on any atom is 0.417 e. The third-order valence-electron chi connectivity index (χ3n) is 4.60. The standard InChI is InChI=1S/C20H15F4N3O2/c21-13-8-14(9-13)26-19(28)17-4-1-11-7-15(3-5-16(11)27-17)29-18-6-2-12(10-25-18)20(22,23)24/h1-7,10,13-14H,8-9H2,(H,26,28). The van der Waals surface area contributed by atoms with Crippen LogP contribution < -0.4 is 10.1 Å². The van der Waals surface area contributed by atoms with Crippen LogP contribution in [0.1, 0.15) is 28.9 Å². The molecule has 1 aliphatic rings. The van der Waals surface area contributed by atoms with Gasteiger partial charge in [0, 0.05) is 23.7 Å². The Hall–Kier alpha value is -3.23. The highest BCUT2D eigenvalue weighted by molar-refractivity contribution is 5.95. The molecule has 1 fully saturated rings. The van der Waals surface area contributed by atoms with Gasteiger partial charge in [-0.1, -0.05) is 6.07 Å². The summed E-state index contributed by atoms with van der Waals surface area (Å²) < 4.78 is 56.1. The first-order valence-electron chi connectivity index (χ1n) is 8.85. The van der Waals surface area contributed by atoms with E-state index in [0.717, 1.165) is 12.1 Å². The Kier molecular flexibility index (Phi) is 4.81. The van der Waals surface area contributed by atoms with E-state index in [1.807, 2.05) is 0 Å². The Morgan fingerprint density at radius 2 is 1.90 bits per heavy atom. The van der Waals surface area contributed by atoms with Crippen molar-refractivity contribution in [2.24, 2.45) is 0 Å². The third kappa shape index (κ3) is 4.28. The number of carbonyl (C=O) groups excluding carboxylic acids is 1. The lowest BCUT2D eigenvalue weighted by atomic mass is 9.91. The maximum absolute atomic E-state index is 12.9. The van der Waals surface area contributed by atoms with Crippen molar-refractivity contribution in [2.75, 3.05) is 0 Å². The largest absolute Gasteiger partial charge is 0.439 e. The van der Waals surface area contributed by atoms with Crippen molar-refractivity contribution in [3.63, 3.8) is 0 Å². The average molecular weight is 405 g/mol. The van der Waals surface area contributed by atoms with Crippen LogP contribution >= 0.6 is 0 Å². The molecule has 150 valence electrons. The first-order chi connectivity index (χ1) is 13.8. The molecule has 1 amide bonds. The smallest absolute Gasteiger partial charge is 0.417 e. The van der Waals surface area contributed by atoms with Gasteiger partial charge in [0.05, 0.1) is 11.1 Å². The van der Waals surface area contributed by atoms with Crippen LogP contribution in [0.15, 0.2) is 48.7 Å². The van der Waals surface area contributed by atoms with Crippen molar-refractivity contribution in [3.8, 4) is 11.6 Å². The van der Waals surface area contributed by atoms with E-state index in [1.54, 1.807) is 30.3 Å². The van der Waals surface area contributed by atoms with Gasteiger partial charge in [-0.3, -0.25) is 4.79 Å². The minimum Gasteiger partial charge on any atom is -0.439 e. The van der Waals surface area contributed by atoms with Gasteiger partial charge in [0.15, 0.2) is 0 Å². The molecule has 0 saturated heterocycles. The van der Waals surface area contributed by atoms with Gasteiger partial charge >= 0.3 is 6.18 Å². The fourth-order valence-corrected chi connectivity index (χ4v) is 2.95. The number of hydrogen-bond acceptors (Lipinski definition) is 4. The van der Waals surface area contributed by atoms with Gasteiger partial charge in [-0.15, -0.1) is 0 Å². The molecule has 9 heteroatoms. The van der Waals surface area contributed by atoms with Gasteiger partial charge in [0.1, 0.15) is 17.6 Å². The maximum atomic E-state index is 12.9. The fourth-order valence-electron chi connectivity index (χ4n) is 2.95. The number of rotatable bonds is 4. The van der Waals surface area contributed by atoms with Crippen LogP contribution in [0.2, 0.25) is 0 Å². The molecule has 4 rings (SSSR count). The van der Waals surface area contributed by atoms with Crippen LogP contribution in [0.3, 0.4) is 0 Å².